The molecular formula is C8H6Cl2F3OP. The van der Waals surface area contributed by atoms with Gasteiger partial charge in [0.1, 0.15) is 12.4 Å². The monoisotopic (exact) mass is 276 g/mol. The molecule has 7 heteroatoms. The molecule has 15 heavy (non-hydrogen) atoms. The van der Waals surface area contributed by atoms with Gasteiger partial charge in [-0.2, -0.15) is 13.2 Å². The number of methoxy groups -OCH3 is 1. The van der Waals surface area contributed by atoms with Crippen molar-refractivity contribution in [1.82, 2.24) is 0 Å². The zero-order valence-corrected chi connectivity index (χ0v) is 9.88. The summed E-state index contributed by atoms with van der Waals surface area (Å²) in [5.41, 5.74) is -0.849. The molecule has 0 spiro atoms. The molecule has 0 saturated carbocycles. The van der Waals surface area contributed by atoms with Crippen LogP contribution in [-0.4, -0.2) is 7.11 Å². The summed E-state index contributed by atoms with van der Waals surface area (Å²) in [7, 11) is 1.27. The van der Waals surface area contributed by atoms with E-state index in [4.69, 9.17) is 27.2 Å². The number of hydrogen-bond donors (Lipinski definition) is 0. The normalized spacial score (nSPS) is 11.9. The highest BCUT2D eigenvalue weighted by atomic mass is 35.9. The number of benzene rings is 1. The summed E-state index contributed by atoms with van der Waals surface area (Å²) in [6, 6.07) is 3.57. The predicted octanol–water partition coefficient (Wildman–Crippen LogP) is 4.13. The average molecular weight is 277 g/mol. The molecule has 0 amide bonds. The van der Waals surface area contributed by atoms with Crippen molar-refractivity contribution >= 4 is 34.4 Å². The molecule has 1 rings (SSSR count). The fourth-order valence-corrected chi connectivity index (χ4v) is 2.85. The quantitative estimate of drug-likeness (QED) is 0.738. The summed E-state index contributed by atoms with van der Waals surface area (Å²) in [5.74, 6) is 0.0564. The predicted molar refractivity (Wildman–Crippen MR) is 56.3 cm³/mol. The molecule has 0 fully saturated rings. The topological polar surface area (TPSA) is 9.23 Å². The van der Waals surface area contributed by atoms with Crippen LogP contribution in [0.1, 0.15) is 5.56 Å². The van der Waals surface area contributed by atoms with E-state index >= 15 is 0 Å². The molecule has 0 atom stereocenters. The Morgan fingerprint density at radius 2 is 1.87 bits per heavy atom. The Morgan fingerprint density at radius 1 is 1.27 bits per heavy atom. The maximum Gasteiger partial charge on any atom is 0.417 e. The number of halogens is 5. The first-order valence-corrected chi connectivity index (χ1v) is 6.89. The maximum atomic E-state index is 12.6. The van der Waals surface area contributed by atoms with E-state index in [1.807, 2.05) is 0 Å². The third-order valence-corrected chi connectivity index (χ3v) is 3.51. The molecule has 0 aliphatic heterocycles. The zero-order valence-electron chi connectivity index (χ0n) is 7.48. The maximum absolute atomic E-state index is 12.6. The fourth-order valence-electron chi connectivity index (χ4n) is 1.09. The highest BCUT2D eigenvalue weighted by molar-refractivity contribution is 8.09. The lowest BCUT2D eigenvalue weighted by atomic mass is 10.2. The van der Waals surface area contributed by atoms with Crippen LogP contribution in [0, 0.1) is 0 Å². The molecule has 0 aliphatic rings. The smallest absolute Gasteiger partial charge is 0.417 e. The highest BCUT2D eigenvalue weighted by Crippen LogP contribution is 2.50. The van der Waals surface area contributed by atoms with Gasteiger partial charge < -0.3 is 4.74 Å². The Morgan fingerprint density at radius 3 is 2.27 bits per heavy atom. The molecule has 0 unspecified atom stereocenters. The number of rotatable bonds is 2. The van der Waals surface area contributed by atoms with E-state index in [0.717, 1.165) is 6.07 Å². The second kappa shape index (κ2) is 4.77. The number of ether oxygens (including phenoxy) is 1. The van der Waals surface area contributed by atoms with Gasteiger partial charge in [-0.3, -0.25) is 0 Å². The number of alkyl halides is 3. The van der Waals surface area contributed by atoms with Gasteiger partial charge in [-0.05, 0) is 12.1 Å². The first-order chi connectivity index (χ1) is 6.88. The molecule has 0 bridgehead atoms. The van der Waals surface area contributed by atoms with Crippen molar-refractivity contribution in [2.75, 3.05) is 7.11 Å². The summed E-state index contributed by atoms with van der Waals surface area (Å²) < 4.78 is 42.5. The molecule has 84 valence electrons. The highest BCUT2D eigenvalue weighted by Gasteiger charge is 2.36. The second-order valence-corrected chi connectivity index (χ2v) is 6.05. The minimum atomic E-state index is -4.48. The molecule has 1 aromatic rings. The largest absolute Gasteiger partial charge is 0.496 e. The standard InChI is InChI=1S/C8H6Cl2F3OP/c1-14-6-4-2-3-5(8(11,12)13)7(6)15(9)10/h2-4H,1H3. The third kappa shape index (κ3) is 2.90. The molecule has 0 N–H and O–H groups in total. The van der Waals surface area contributed by atoms with Crippen molar-refractivity contribution in [3.05, 3.63) is 23.8 Å². The van der Waals surface area contributed by atoms with Crippen LogP contribution in [0.15, 0.2) is 18.2 Å². The first-order valence-electron chi connectivity index (χ1n) is 3.74. The molecule has 0 saturated heterocycles. The van der Waals surface area contributed by atoms with Gasteiger partial charge in [-0.25, -0.2) is 0 Å². The van der Waals surface area contributed by atoms with Crippen molar-refractivity contribution in [3.8, 4) is 5.75 Å². The van der Waals surface area contributed by atoms with E-state index in [9.17, 15) is 13.2 Å². The van der Waals surface area contributed by atoms with Gasteiger partial charge in [0, 0.05) is 0 Å². The lowest BCUT2D eigenvalue weighted by molar-refractivity contribution is -0.136. The molecule has 1 aromatic carbocycles. The van der Waals surface area contributed by atoms with E-state index in [1.54, 1.807) is 0 Å². The van der Waals surface area contributed by atoms with Gasteiger partial charge in [-0.15, -0.1) is 0 Å². The Bertz CT molecular complexity index is 354. The zero-order chi connectivity index (χ0) is 11.6. The van der Waals surface area contributed by atoms with Gasteiger partial charge in [-0.1, -0.05) is 28.5 Å². The third-order valence-electron chi connectivity index (χ3n) is 1.69. The van der Waals surface area contributed by atoms with E-state index < -0.39 is 18.4 Å². The summed E-state index contributed by atoms with van der Waals surface area (Å²) in [6.07, 6.45) is -4.48. The van der Waals surface area contributed by atoms with Crippen molar-refractivity contribution in [2.45, 2.75) is 6.18 Å². The van der Waals surface area contributed by atoms with Crippen LogP contribution >= 0.6 is 29.1 Å². The van der Waals surface area contributed by atoms with Crippen molar-refractivity contribution in [3.63, 3.8) is 0 Å². The van der Waals surface area contributed by atoms with Gasteiger partial charge in [0.15, 0.2) is 0 Å². The van der Waals surface area contributed by atoms with Crippen LogP contribution in [0.4, 0.5) is 13.2 Å². The lowest BCUT2D eigenvalue weighted by Gasteiger charge is -2.15. The molecule has 1 nitrogen and oxygen atoms in total. The van der Waals surface area contributed by atoms with Gasteiger partial charge in [0.2, 0.25) is 0 Å². The van der Waals surface area contributed by atoms with Crippen LogP contribution in [-0.2, 0) is 6.18 Å². The van der Waals surface area contributed by atoms with Crippen molar-refractivity contribution < 1.29 is 17.9 Å². The van der Waals surface area contributed by atoms with E-state index in [0.29, 0.717) is 0 Å². The van der Waals surface area contributed by atoms with E-state index in [2.05, 4.69) is 0 Å². The molecular weight excluding hydrogens is 271 g/mol. The summed E-state index contributed by atoms with van der Waals surface area (Å²) >= 11 is 11.1. The Hall–Kier alpha value is -0.180. The van der Waals surface area contributed by atoms with Crippen molar-refractivity contribution in [1.29, 1.82) is 0 Å². The molecule has 0 heterocycles. The summed E-state index contributed by atoms with van der Waals surface area (Å²) in [6.45, 7) is -1.91. The lowest BCUT2D eigenvalue weighted by Crippen LogP contribution is -2.18. The van der Waals surface area contributed by atoms with Crippen LogP contribution in [0.25, 0.3) is 0 Å². The Balaban J connectivity index is 3.39. The van der Waals surface area contributed by atoms with Gasteiger partial charge in [0.05, 0.1) is 18.0 Å². The van der Waals surface area contributed by atoms with Crippen LogP contribution in [0.3, 0.4) is 0 Å². The average Bonchev–Trinajstić information content (AvgIpc) is 2.15. The minimum Gasteiger partial charge on any atom is -0.496 e. The van der Waals surface area contributed by atoms with Crippen LogP contribution < -0.4 is 10.0 Å². The van der Waals surface area contributed by atoms with E-state index in [-0.39, 0.29) is 11.1 Å². The van der Waals surface area contributed by atoms with Crippen molar-refractivity contribution in [2.24, 2.45) is 0 Å². The summed E-state index contributed by atoms with van der Waals surface area (Å²) in [4.78, 5) is 0. The van der Waals surface area contributed by atoms with Crippen LogP contribution in [0.2, 0.25) is 0 Å². The Labute approximate surface area is 95.5 Å². The molecule has 0 radical (unpaired) electrons. The Kier molecular flexibility index (Phi) is 4.10. The van der Waals surface area contributed by atoms with Gasteiger partial charge in [0.25, 0.3) is 0 Å². The number of hydrogen-bond acceptors (Lipinski definition) is 1. The second-order valence-electron chi connectivity index (χ2n) is 2.59. The minimum absolute atomic E-state index is 0.0564. The molecule has 0 aliphatic carbocycles. The molecule has 0 aromatic heterocycles. The van der Waals surface area contributed by atoms with E-state index in [1.165, 1.54) is 19.2 Å². The first kappa shape index (κ1) is 12.9. The fraction of sp³-hybridized carbons (Fsp3) is 0.250. The summed E-state index contributed by atoms with van der Waals surface area (Å²) in [5, 5.41) is -0.189. The van der Waals surface area contributed by atoms with Crippen LogP contribution in [0.5, 0.6) is 5.75 Å². The van der Waals surface area contributed by atoms with Gasteiger partial charge >= 0.3 is 6.18 Å². The SMILES string of the molecule is COc1cccc(C(F)(F)F)c1P(Cl)Cl.